The van der Waals surface area contributed by atoms with E-state index < -0.39 is 47.8 Å². The number of nitrogens with one attached hydrogen (secondary N) is 2. The largest absolute Gasteiger partial charge is 0.355 e. The number of carbonyl (C=O) groups excluding carboxylic acids is 1. The van der Waals surface area contributed by atoms with Crippen LogP contribution in [-0.2, 0) is 24.9 Å². The van der Waals surface area contributed by atoms with Crippen LogP contribution >= 0.6 is 11.6 Å². The molecule has 2 heterocycles. The van der Waals surface area contributed by atoms with Crippen molar-refractivity contribution in [2.24, 2.45) is 7.05 Å². The van der Waals surface area contributed by atoms with Crippen molar-refractivity contribution in [2.45, 2.75) is 51.2 Å². The van der Waals surface area contributed by atoms with Gasteiger partial charge < -0.3 is 10.6 Å². The molecule has 0 saturated heterocycles. The summed E-state index contributed by atoms with van der Waals surface area (Å²) in [5.74, 6) is -5.39. The first-order chi connectivity index (χ1) is 19.1. The summed E-state index contributed by atoms with van der Waals surface area (Å²) >= 11 is 6.40. The quantitative estimate of drug-likeness (QED) is 0.325. The molecule has 1 fully saturated rings. The Morgan fingerprint density at radius 2 is 1.75 bits per heavy atom. The Labute approximate surface area is 230 Å². The molecule has 1 aliphatic carbocycles. The predicted molar refractivity (Wildman–Crippen MR) is 142 cm³/mol. The summed E-state index contributed by atoms with van der Waals surface area (Å²) in [5.41, 5.74) is -1.23. The van der Waals surface area contributed by atoms with Crippen LogP contribution in [0.15, 0.2) is 40.1 Å². The zero-order valence-electron chi connectivity index (χ0n) is 21.4. The molecule has 0 unspecified atom stereocenters. The maximum absolute atomic E-state index is 14.0. The molecule has 0 radical (unpaired) electrons. The Bertz CT molecular complexity index is 1700. The van der Waals surface area contributed by atoms with E-state index in [4.69, 9.17) is 11.6 Å². The summed E-state index contributed by atoms with van der Waals surface area (Å²) in [6, 6.07) is 4.61. The van der Waals surface area contributed by atoms with Crippen molar-refractivity contribution in [3.05, 3.63) is 79.5 Å². The molecule has 0 aliphatic heterocycles. The molecule has 4 aromatic rings. The maximum Gasteiger partial charge on any atom is 0.355 e. The van der Waals surface area contributed by atoms with Gasteiger partial charge in [-0.2, -0.15) is 10.1 Å². The van der Waals surface area contributed by atoms with Gasteiger partial charge in [-0.05, 0) is 42.7 Å². The minimum atomic E-state index is -1.66. The normalized spacial score (nSPS) is 14.0. The van der Waals surface area contributed by atoms with Gasteiger partial charge in [0.2, 0.25) is 11.9 Å². The molecule has 1 saturated carbocycles. The first kappa shape index (κ1) is 27.4. The Kier molecular flexibility index (Phi) is 7.66. The third-order valence-corrected chi connectivity index (χ3v) is 7.07. The first-order valence-corrected chi connectivity index (χ1v) is 13.0. The number of aryl methyl sites for hydroxylation is 1. The highest BCUT2D eigenvalue weighted by Crippen LogP contribution is 2.29. The number of carbonyl (C=O) groups is 1. The zero-order chi connectivity index (χ0) is 28.6. The number of fused-ring (bicyclic) bond motifs is 1. The lowest BCUT2D eigenvalue weighted by Crippen LogP contribution is -2.47. The van der Waals surface area contributed by atoms with E-state index >= 15 is 0 Å². The van der Waals surface area contributed by atoms with Crippen molar-refractivity contribution >= 4 is 40.0 Å². The van der Waals surface area contributed by atoms with Crippen LogP contribution in [0.5, 0.6) is 0 Å². The van der Waals surface area contributed by atoms with Crippen LogP contribution in [0, 0.1) is 17.5 Å². The maximum atomic E-state index is 14.0. The Balaban J connectivity index is 1.54. The monoisotopic (exact) mass is 575 g/mol. The molecule has 0 spiro atoms. The molecule has 14 heteroatoms. The molecule has 40 heavy (non-hydrogen) atoms. The lowest BCUT2D eigenvalue weighted by Gasteiger charge is -2.23. The van der Waals surface area contributed by atoms with E-state index in [1.807, 2.05) is 0 Å². The smallest absolute Gasteiger partial charge is 0.352 e. The van der Waals surface area contributed by atoms with Gasteiger partial charge in [0.15, 0.2) is 17.5 Å². The number of rotatable bonds is 7. The zero-order valence-corrected chi connectivity index (χ0v) is 22.1. The topological polar surface area (TPSA) is 116 Å². The summed E-state index contributed by atoms with van der Waals surface area (Å²) in [4.78, 5) is 43.1. The second kappa shape index (κ2) is 11.2. The molecule has 5 rings (SSSR count). The fraction of sp³-hybridized carbons (Fsp3) is 0.346. The number of hydrogen-bond acceptors (Lipinski definition) is 6. The summed E-state index contributed by atoms with van der Waals surface area (Å²) in [6.07, 6.45) is 6.35. The fourth-order valence-corrected chi connectivity index (χ4v) is 5.04. The van der Waals surface area contributed by atoms with E-state index in [9.17, 15) is 27.6 Å². The first-order valence-electron chi connectivity index (χ1n) is 12.6. The molecule has 1 aliphatic rings. The molecule has 0 bridgehead atoms. The molecular weight excluding hydrogens is 551 g/mol. The number of benzene rings is 2. The minimum absolute atomic E-state index is 0.0530. The van der Waals surface area contributed by atoms with E-state index in [1.165, 1.54) is 0 Å². The molecule has 10 nitrogen and oxygen atoms in total. The van der Waals surface area contributed by atoms with E-state index in [0.29, 0.717) is 15.5 Å². The molecular formula is C26H25ClF3N7O3. The van der Waals surface area contributed by atoms with Gasteiger partial charge in [0, 0.05) is 24.7 Å². The van der Waals surface area contributed by atoms with Crippen molar-refractivity contribution < 1.29 is 18.0 Å². The molecule has 0 atom stereocenters. The van der Waals surface area contributed by atoms with Gasteiger partial charge in [-0.3, -0.25) is 14.0 Å². The predicted octanol–water partition coefficient (Wildman–Crippen LogP) is 3.60. The van der Waals surface area contributed by atoms with E-state index in [1.54, 1.807) is 30.1 Å². The fourth-order valence-electron chi connectivity index (χ4n) is 4.83. The van der Waals surface area contributed by atoms with Crippen molar-refractivity contribution in [3.63, 3.8) is 0 Å². The lowest BCUT2D eigenvalue weighted by atomic mass is 9.95. The van der Waals surface area contributed by atoms with Crippen LogP contribution in [0.25, 0.3) is 10.9 Å². The molecule has 2 aromatic carbocycles. The highest BCUT2D eigenvalue weighted by molar-refractivity contribution is 6.34. The van der Waals surface area contributed by atoms with Gasteiger partial charge in [0.25, 0.3) is 0 Å². The summed E-state index contributed by atoms with van der Waals surface area (Å²) in [6.45, 7) is -1.10. The Morgan fingerprint density at radius 3 is 2.45 bits per heavy atom. The average molecular weight is 576 g/mol. The van der Waals surface area contributed by atoms with Gasteiger partial charge in [-0.1, -0.05) is 30.9 Å². The van der Waals surface area contributed by atoms with Gasteiger partial charge in [-0.15, -0.1) is 0 Å². The molecule has 2 aromatic heterocycles. The summed E-state index contributed by atoms with van der Waals surface area (Å²) in [7, 11) is 1.73. The van der Waals surface area contributed by atoms with Gasteiger partial charge >= 0.3 is 11.4 Å². The second-order valence-corrected chi connectivity index (χ2v) is 10.2. The van der Waals surface area contributed by atoms with Crippen molar-refractivity contribution in [1.82, 2.24) is 29.2 Å². The average Bonchev–Trinajstić information content (AvgIpc) is 3.26. The number of nitrogens with zero attached hydrogens (tertiary/aromatic N) is 5. The van der Waals surface area contributed by atoms with Crippen LogP contribution in [0.4, 0.5) is 24.8 Å². The van der Waals surface area contributed by atoms with E-state index in [-0.39, 0.29) is 28.3 Å². The number of amides is 1. The van der Waals surface area contributed by atoms with Crippen LogP contribution in [0.3, 0.4) is 0 Å². The number of anilines is 2. The summed E-state index contributed by atoms with van der Waals surface area (Å²) < 4.78 is 44.6. The van der Waals surface area contributed by atoms with E-state index in [0.717, 1.165) is 48.8 Å². The molecule has 2 N–H and O–H groups in total. The highest BCUT2D eigenvalue weighted by atomic mass is 35.5. The molecule has 1 amide bonds. The number of aromatic nitrogens is 5. The Morgan fingerprint density at radius 1 is 1.05 bits per heavy atom. The third-order valence-electron chi connectivity index (χ3n) is 6.76. The van der Waals surface area contributed by atoms with Gasteiger partial charge in [0.05, 0.1) is 22.8 Å². The Hall–Kier alpha value is -4.13. The van der Waals surface area contributed by atoms with Crippen LogP contribution in [-0.4, -0.2) is 35.8 Å². The van der Waals surface area contributed by atoms with Crippen molar-refractivity contribution in [1.29, 1.82) is 0 Å². The van der Waals surface area contributed by atoms with Crippen molar-refractivity contribution in [3.8, 4) is 0 Å². The van der Waals surface area contributed by atoms with Crippen LogP contribution in [0.1, 0.15) is 37.7 Å². The standard InChI is InChI=1S/C26H25ClF3N7O3/c1-35-12-15-9-21(17(27)10-20(15)34-35)32-24-33-25(39)37(13-22(38)31-16-5-3-2-4-6-16)26(40)36(24)11-14-7-18(28)23(30)19(29)8-14/h7-10,12,16H,2-6,11,13H2,1H3,(H,31,38)(H,32,33,39). The van der Waals surface area contributed by atoms with Gasteiger partial charge in [-0.25, -0.2) is 27.3 Å². The van der Waals surface area contributed by atoms with Crippen LogP contribution in [0.2, 0.25) is 5.02 Å². The number of hydrogen-bond donors (Lipinski definition) is 2. The van der Waals surface area contributed by atoms with Crippen LogP contribution < -0.4 is 22.0 Å². The molecule has 210 valence electrons. The lowest BCUT2D eigenvalue weighted by molar-refractivity contribution is -0.122. The minimum Gasteiger partial charge on any atom is -0.352 e. The summed E-state index contributed by atoms with van der Waals surface area (Å²) in [5, 5.41) is 10.8. The third kappa shape index (κ3) is 5.74. The van der Waals surface area contributed by atoms with E-state index in [2.05, 4.69) is 20.7 Å². The highest BCUT2D eigenvalue weighted by Gasteiger charge is 2.21. The SMILES string of the molecule is Cn1cc2cc(Nc3nc(=O)n(CC(=O)NC4CCCCC4)c(=O)n3Cc3cc(F)c(F)c(F)c3)c(Cl)cc2n1. The second-order valence-electron chi connectivity index (χ2n) is 9.77. The van der Waals surface area contributed by atoms with Crippen molar-refractivity contribution in [2.75, 3.05) is 5.32 Å². The number of halogens is 4. The van der Waals surface area contributed by atoms with Gasteiger partial charge in [0.1, 0.15) is 6.54 Å².